The van der Waals surface area contributed by atoms with Gasteiger partial charge in [0.05, 0.1) is 11.7 Å². The van der Waals surface area contributed by atoms with E-state index in [2.05, 4.69) is 4.68 Å². The molecular formula is C28H29F2N5O2. The molecule has 0 radical (unpaired) electrons. The molecule has 0 aliphatic carbocycles. The summed E-state index contributed by atoms with van der Waals surface area (Å²) in [6, 6.07) is 10.5. The van der Waals surface area contributed by atoms with E-state index in [-0.39, 0.29) is 17.5 Å². The summed E-state index contributed by atoms with van der Waals surface area (Å²) in [4.78, 5) is 19.0. The lowest BCUT2D eigenvalue weighted by atomic mass is 10.0. The number of carbonyl (C=O) groups is 1. The number of aromatic nitrogens is 4. The van der Waals surface area contributed by atoms with E-state index in [9.17, 15) is 13.6 Å². The Labute approximate surface area is 213 Å². The molecule has 0 atom stereocenters. The Bertz CT molecular complexity index is 1480. The number of nitrogens with zero attached hydrogens (tertiary/aromatic N) is 5. The Morgan fingerprint density at radius 1 is 1.16 bits per heavy atom. The highest BCUT2D eigenvalue weighted by atomic mass is 19.3. The third kappa shape index (κ3) is 4.31. The van der Waals surface area contributed by atoms with Crippen molar-refractivity contribution >= 4 is 11.6 Å². The van der Waals surface area contributed by atoms with Crippen LogP contribution in [0.5, 0.6) is 0 Å². The van der Waals surface area contributed by atoms with Crippen molar-refractivity contribution < 1.29 is 18.3 Å². The fourth-order valence-electron chi connectivity index (χ4n) is 5.45. The number of pyridine rings is 1. The van der Waals surface area contributed by atoms with Gasteiger partial charge < -0.3 is 14.0 Å². The maximum absolute atomic E-state index is 14.0. The standard InChI is InChI=1S/C28H29F2N5O2/c1-18(36)33-12-8-25-23(16-33)26(32-35(25)21-9-13-37-14-10-21)22-7-4-11-34-17-24(31-27(22)34)19-5-3-6-20(15-19)28(2,29)30/h3-7,11,15,17,21H,8-10,12-14,16H2,1-2H3. The summed E-state index contributed by atoms with van der Waals surface area (Å²) in [6.07, 6.45) is 6.31. The fraction of sp³-hybridized carbons (Fsp3) is 0.393. The summed E-state index contributed by atoms with van der Waals surface area (Å²) >= 11 is 0. The number of fused-ring (bicyclic) bond motifs is 2. The average Bonchev–Trinajstić information content (AvgIpc) is 3.50. The van der Waals surface area contributed by atoms with Crippen molar-refractivity contribution in [3.63, 3.8) is 0 Å². The van der Waals surface area contributed by atoms with Crippen LogP contribution < -0.4 is 0 Å². The molecule has 192 valence electrons. The summed E-state index contributed by atoms with van der Waals surface area (Å²) in [5, 5.41) is 5.13. The quantitative estimate of drug-likeness (QED) is 0.381. The van der Waals surface area contributed by atoms with Crippen LogP contribution in [0.3, 0.4) is 0 Å². The largest absolute Gasteiger partial charge is 0.381 e. The smallest absolute Gasteiger partial charge is 0.270 e. The van der Waals surface area contributed by atoms with Crippen LogP contribution >= 0.6 is 0 Å². The van der Waals surface area contributed by atoms with Crippen LogP contribution in [0, 0.1) is 0 Å². The SMILES string of the molecule is CC(=O)N1CCc2c(c(-c3cccn4cc(-c5cccc(C(C)(F)F)c5)nc34)nn2C2CCOCC2)C1. The Morgan fingerprint density at radius 2 is 1.97 bits per heavy atom. The third-order valence-corrected chi connectivity index (χ3v) is 7.47. The number of rotatable bonds is 4. The minimum Gasteiger partial charge on any atom is -0.381 e. The molecule has 0 spiro atoms. The van der Waals surface area contributed by atoms with Crippen LogP contribution in [0.4, 0.5) is 8.78 Å². The zero-order chi connectivity index (χ0) is 25.7. The molecule has 1 amide bonds. The van der Waals surface area contributed by atoms with E-state index in [0.717, 1.165) is 43.0 Å². The van der Waals surface area contributed by atoms with Crippen LogP contribution in [0.25, 0.3) is 28.2 Å². The number of alkyl halides is 2. The van der Waals surface area contributed by atoms with Gasteiger partial charge in [0.25, 0.3) is 5.92 Å². The van der Waals surface area contributed by atoms with Crippen LogP contribution in [0.15, 0.2) is 48.8 Å². The second-order valence-electron chi connectivity index (χ2n) is 10.0. The normalized spacial score (nSPS) is 16.8. The fourth-order valence-corrected chi connectivity index (χ4v) is 5.45. The van der Waals surface area contributed by atoms with Crippen LogP contribution in [0.1, 0.15) is 49.6 Å². The molecule has 1 fully saturated rings. The molecule has 9 heteroatoms. The Morgan fingerprint density at radius 3 is 2.73 bits per heavy atom. The molecule has 6 rings (SSSR count). The van der Waals surface area contributed by atoms with E-state index in [0.29, 0.717) is 43.2 Å². The number of hydrogen-bond donors (Lipinski definition) is 0. The molecule has 0 saturated carbocycles. The van der Waals surface area contributed by atoms with E-state index in [1.807, 2.05) is 33.8 Å². The van der Waals surface area contributed by atoms with Gasteiger partial charge in [-0.2, -0.15) is 5.10 Å². The Hall–Kier alpha value is -3.59. The lowest BCUT2D eigenvalue weighted by Gasteiger charge is -2.29. The average molecular weight is 506 g/mol. The molecule has 1 aromatic carbocycles. The zero-order valence-corrected chi connectivity index (χ0v) is 21.0. The Kier molecular flexibility index (Phi) is 5.82. The van der Waals surface area contributed by atoms with Crippen LogP contribution in [-0.4, -0.2) is 49.7 Å². The van der Waals surface area contributed by atoms with Gasteiger partial charge in [0.15, 0.2) is 0 Å². The van der Waals surface area contributed by atoms with E-state index >= 15 is 0 Å². The molecule has 4 aromatic rings. The van der Waals surface area contributed by atoms with E-state index in [1.54, 1.807) is 19.1 Å². The maximum atomic E-state index is 14.0. The topological polar surface area (TPSA) is 64.7 Å². The predicted octanol–water partition coefficient (Wildman–Crippen LogP) is 5.23. The molecule has 0 bridgehead atoms. The van der Waals surface area contributed by atoms with Gasteiger partial charge in [-0.25, -0.2) is 13.8 Å². The minimum absolute atomic E-state index is 0.0455. The van der Waals surface area contributed by atoms with Gasteiger partial charge in [0.2, 0.25) is 5.91 Å². The minimum atomic E-state index is -2.93. The van der Waals surface area contributed by atoms with Crippen molar-refractivity contribution in [2.24, 2.45) is 0 Å². The second kappa shape index (κ2) is 9.06. The number of hydrogen-bond acceptors (Lipinski definition) is 4. The molecule has 37 heavy (non-hydrogen) atoms. The van der Waals surface area contributed by atoms with Gasteiger partial charge in [-0.3, -0.25) is 9.48 Å². The number of benzene rings is 1. The summed E-state index contributed by atoms with van der Waals surface area (Å²) in [5.41, 5.74) is 5.81. The molecule has 7 nitrogen and oxygen atoms in total. The summed E-state index contributed by atoms with van der Waals surface area (Å²) in [6.45, 7) is 5.10. The van der Waals surface area contributed by atoms with Gasteiger partial charge >= 0.3 is 0 Å². The van der Waals surface area contributed by atoms with Crippen molar-refractivity contribution in [1.29, 1.82) is 0 Å². The van der Waals surface area contributed by atoms with Crippen molar-refractivity contribution in [1.82, 2.24) is 24.1 Å². The molecule has 5 heterocycles. The van der Waals surface area contributed by atoms with Gasteiger partial charge in [-0.15, -0.1) is 0 Å². The van der Waals surface area contributed by atoms with Crippen molar-refractivity contribution in [2.45, 2.75) is 51.6 Å². The van der Waals surface area contributed by atoms with E-state index in [4.69, 9.17) is 14.8 Å². The van der Waals surface area contributed by atoms with Gasteiger partial charge in [0, 0.05) is 86.9 Å². The molecule has 0 unspecified atom stereocenters. The number of ether oxygens (including phenoxy) is 1. The van der Waals surface area contributed by atoms with Crippen LogP contribution in [0.2, 0.25) is 0 Å². The number of imidazole rings is 1. The first kappa shape index (κ1) is 23.8. The highest BCUT2D eigenvalue weighted by Gasteiger charge is 2.31. The lowest BCUT2D eigenvalue weighted by Crippen LogP contribution is -2.35. The van der Waals surface area contributed by atoms with Gasteiger partial charge in [0.1, 0.15) is 11.3 Å². The molecular weight excluding hydrogens is 476 g/mol. The first-order chi connectivity index (χ1) is 17.8. The predicted molar refractivity (Wildman–Crippen MR) is 135 cm³/mol. The highest BCUT2D eigenvalue weighted by Crippen LogP contribution is 2.37. The molecule has 3 aromatic heterocycles. The van der Waals surface area contributed by atoms with Crippen LogP contribution in [-0.2, 0) is 28.4 Å². The van der Waals surface area contributed by atoms with Crippen molar-refractivity contribution in [3.8, 4) is 22.5 Å². The third-order valence-electron chi connectivity index (χ3n) is 7.47. The molecule has 2 aliphatic heterocycles. The summed E-state index contributed by atoms with van der Waals surface area (Å²) in [5.74, 6) is -2.89. The van der Waals surface area contributed by atoms with E-state index < -0.39 is 5.92 Å². The maximum Gasteiger partial charge on any atom is 0.270 e. The zero-order valence-electron chi connectivity index (χ0n) is 21.0. The first-order valence-electron chi connectivity index (χ1n) is 12.7. The molecule has 0 N–H and O–H groups in total. The summed E-state index contributed by atoms with van der Waals surface area (Å²) < 4.78 is 37.6. The first-order valence-corrected chi connectivity index (χ1v) is 12.7. The number of halogens is 2. The van der Waals surface area contributed by atoms with Gasteiger partial charge in [-0.05, 0) is 31.0 Å². The van der Waals surface area contributed by atoms with Crippen molar-refractivity contribution in [2.75, 3.05) is 19.8 Å². The van der Waals surface area contributed by atoms with Gasteiger partial charge in [-0.1, -0.05) is 18.2 Å². The monoisotopic (exact) mass is 505 g/mol. The number of amides is 1. The van der Waals surface area contributed by atoms with E-state index in [1.165, 1.54) is 17.8 Å². The summed E-state index contributed by atoms with van der Waals surface area (Å²) in [7, 11) is 0. The van der Waals surface area contributed by atoms with Crippen molar-refractivity contribution in [3.05, 3.63) is 65.6 Å². The second-order valence-corrected chi connectivity index (χ2v) is 10.0. The lowest BCUT2D eigenvalue weighted by molar-refractivity contribution is -0.129. The Balaban J connectivity index is 1.48. The number of carbonyl (C=O) groups excluding carboxylic acids is 1. The highest BCUT2D eigenvalue weighted by molar-refractivity contribution is 5.81. The molecule has 2 aliphatic rings. The molecule has 1 saturated heterocycles.